The Kier molecular flexibility index (Phi) is 3.24. The first-order chi connectivity index (χ1) is 7.59. The van der Waals surface area contributed by atoms with Crippen molar-refractivity contribution in [1.82, 2.24) is 4.98 Å². The minimum absolute atomic E-state index is 0.433. The maximum atomic E-state index is 6.08. The number of nitrogens with zero attached hydrogens (tertiary/aromatic N) is 1. The molecular weight excluding hydrogens is 266 g/mol. The average molecular weight is 274 g/mol. The monoisotopic (exact) mass is 272 g/mol. The van der Waals surface area contributed by atoms with Gasteiger partial charge in [0, 0.05) is 16.8 Å². The van der Waals surface area contributed by atoms with Crippen molar-refractivity contribution in [1.29, 1.82) is 0 Å². The summed E-state index contributed by atoms with van der Waals surface area (Å²) in [5.41, 5.74) is 7.50. The molecule has 0 aliphatic heterocycles. The van der Waals surface area contributed by atoms with Crippen LogP contribution in [0.3, 0.4) is 0 Å². The molecule has 0 fully saturated rings. The van der Waals surface area contributed by atoms with Gasteiger partial charge in [-0.25, -0.2) is 0 Å². The van der Waals surface area contributed by atoms with E-state index in [1.165, 1.54) is 0 Å². The maximum Gasteiger partial charge on any atom is 0.0961 e. The second kappa shape index (κ2) is 4.50. The molecule has 2 rings (SSSR count). The lowest BCUT2D eigenvalue weighted by atomic mass is 10.1. The zero-order chi connectivity index (χ0) is 11.7. The van der Waals surface area contributed by atoms with Crippen LogP contribution in [0.5, 0.6) is 0 Å². The Morgan fingerprint density at radius 3 is 2.25 bits per heavy atom. The highest BCUT2D eigenvalue weighted by Gasteiger charge is 2.13. The predicted octanol–water partition coefficient (Wildman–Crippen LogP) is 4.29. The third-order valence-electron chi connectivity index (χ3n) is 2.08. The van der Waals surface area contributed by atoms with Gasteiger partial charge < -0.3 is 5.73 Å². The molecule has 1 aromatic carbocycles. The van der Waals surface area contributed by atoms with Crippen molar-refractivity contribution in [3.8, 4) is 11.3 Å². The van der Waals surface area contributed by atoms with Crippen molar-refractivity contribution in [2.45, 2.75) is 0 Å². The van der Waals surface area contributed by atoms with E-state index in [1.807, 2.05) is 0 Å². The summed E-state index contributed by atoms with van der Waals surface area (Å²) in [7, 11) is 0. The maximum absolute atomic E-state index is 6.08. The summed E-state index contributed by atoms with van der Waals surface area (Å²) in [6, 6.07) is 6.71. The number of rotatable bonds is 1. The van der Waals surface area contributed by atoms with Crippen molar-refractivity contribution < 1.29 is 0 Å². The molecule has 0 amide bonds. The summed E-state index contributed by atoms with van der Waals surface area (Å²) in [6.45, 7) is 0. The van der Waals surface area contributed by atoms with Crippen LogP contribution in [-0.4, -0.2) is 4.98 Å². The number of halogens is 3. The number of hydrogen-bond donors (Lipinski definition) is 1. The van der Waals surface area contributed by atoms with Crippen LogP contribution in [0.15, 0.2) is 30.5 Å². The molecule has 0 atom stereocenters. The molecule has 0 spiro atoms. The highest BCUT2D eigenvalue weighted by molar-refractivity contribution is 6.41. The molecule has 0 aliphatic rings. The Balaban J connectivity index is 2.70. The lowest BCUT2D eigenvalue weighted by Gasteiger charge is -2.09. The van der Waals surface area contributed by atoms with Gasteiger partial charge in [-0.15, -0.1) is 0 Å². The number of nitrogens with two attached hydrogens (primary N) is 1. The zero-order valence-corrected chi connectivity index (χ0v) is 10.3. The second-order valence-electron chi connectivity index (χ2n) is 3.19. The fourth-order valence-electron chi connectivity index (χ4n) is 1.40. The van der Waals surface area contributed by atoms with E-state index >= 15 is 0 Å². The third-order valence-corrected chi connectivity index (χ3v) is 2.90. The number of aromatic nitrogens is 1. The zero-order valence-electron chi connectivity index (χ0n) is 8.05. The van der Waals surface area contributed by atoms with E-state index in [0.29, 0.717) is 32.0 Å². The smallest absolute Gasteiger partial charge is 0.0961 e. The first-order valence-electron chi connectivity index (χ1n) is 4.45. The van der Waals surface area contributed by atoms with Gasteiger partial charge in [-0.05, 0) is 24.3 Å². The van der Waals surface area contributed by atoms with Gasteiger partial charge in [-0.3, -0.25) is 4.98 Å². The molecule has 0 radical (unpaired) electrons. The van der Waals surface area contributed by atoms with Gasteiger partial charge in [0.15, 0.2) is 0 Å². The molecule has 16 heavy (non-hydrogen) atoms. The van der Waals surface area contributed by atoms with E-state index in [4.69, 9.17) is 40.5 Å². The third kappa shape index (κ3) is 2.09. The van der Waals surface area contributed by atoms with Crippen LogP contribution in [0, 0.1) is 0 Å². The number of benzene rings is 1. The minimum atomic E-state index is 0.433. The van der Waals surface area contributed by atoms with Crippen LogP contribution in [0.4, 0.5) is 5.69 Å². The van der Waals surface area contributed by atoms with E-state index in [1.54, 1.807) is 30.5 Å². The molecule has 0 saturated carbocycles. The summed E-state index contributed by atoms with van der Waals surface area (Å²) in [5, 5.41) is 1.35. The average Bonchev–Trinajstić information content (AvgIpc) is 2.19. The molecule has 2 nitrogen and oxygen atoms in total. The highest BCUT2D eigenvalue weighted by atomic mass is 35.5. The number of anilines is 1. The number of pyridine rings is 1. The molecule has 0 saturated heterocycles. The Morgan fingerprint density at radius 1 is 1.06 bits per heavy atom. The van der Waals surface area contributed by atoms with E-state index in [-0.39, 0.29) is 0 Å². The molecule has 1 heterocycles. The lowest BCUT2D eigenvalue weighted by Crippen LogP contribution is -1.93. The molecule has 0 bridgehead atoms. The predicted molar refractivity (Wildman–Crippen MR) is 69.1 cm³/mol. The Hall–Kier alpha value is -0.960. The van der Waals surface area contributed by atoms with Gasteiger partial charge in [0.2, 0.25) is 0 Å². The van der Waals surface area contributed by atoms with Gasteiger partial charge in [-0.1, -0.05) is 34.8 Å². The van der Waals surface area contributed by atoms with Crippen LogP contribution in [0.2, 0.25) is 15.1 Å². The quantitative estimate of drug-likeness (QED) is 0.842. The molecular formula is C11H7Cl3N2. The lowest BCUT2D eigenvalue weighted by molar-refractivity contribution is 1.33. The summed E-state index contributed by atoms with van der Waals surface area (Å²) in [4.78, 5) is 4.16. The van der Waals surface area contributed by atoms with Crippen LogP contribution >= 0.6 is 34.8 Å². The highest BCUT2D eigenvalue weighted by Crippen LogP contribution is 2.38. The van der Waals surface area contributed by atoms with Crippen LogP contribution < -0.4 is 5.73 Å². The van der Waals surface area contributed by atoms with Gasteiger partial charge >= 0.3 is 0 Å². The minimum Gasteiger partial charge on any atom is -0.397 e. The molecule has 2 N–H and O–H groups in total. The van der Waals surface area contributed by atoms with Crippen molar-refractivity contribution in [2.24, 2.45) is 0 Å². The van der Waals surface area contributed by atoms with E-state index in [9.17, 15) is 0 Å². The van der Waals surface area contributed by atoms with Crippen LogP contribution in [-0.2, 0) is 0 Å². The fraction of sp³-hybridized carbons (Fsp3) is 0. The molecule has 5 heteroatoms. The first kappa shape index (κ1) is 11.5. The topological polar surface area (TPSA) is 38.9 Å². The summed E-state index contributed by atoms with van der Waals surface area (Å²) in [6.07, 6.45) is 1.63. The van der Waals surface area contributed by atoms with E-state index < -0.39 is 0 Å². The summed E-state index contributed by atoms with van der Waals surface area (Å²) < 4.78 is 0. The SMILES string of the molecule is Nc1cccnc1-c1c(Cl)cc(Cl)cc1Cl. The molecule has 2 aromatic rings. The second-order valence-corrected chi connectivity index (χ2v) is 4.44. The summed E-state index contributed by atoms with van der Waals surface area (Å²) >= 11 is 18.0. The van der Waals surface area contributed by atoms with Crippen LogP contribution in [0.1, 0.15) is 0 Å². The summed E-state index contributed by atoms with van der Waals surface area (Å²) in [5.74, 6) is 0. The van der Waals surface area contributed by atoms with Gasteiger partial charge in [0.1, 0.15) is 0 Å². The normalized spacial score (nSPS) is 10.4. The van der Waals surface area contributed by atoms with E-state index in [0.717, 1.165) is 0 Å². The Bertz CT molecular complexity index is 517. The number of hydrogen-bond acceptors (Lipinski definition) is 2. The first-order valence-corrected chi connectivity index (χ1v) is 5.58. The fourth-order valence-corrected chi connectivity index (χ4v) is 2.39. The van der Waals surface area contributed by atoms with Gasteiger partial charge in [0.25, 0.3) is 0 Å². The Labute approximate surface area is 108 Å². The molecule has 82 valence electrons. The van der Waals surface area contributed by atoms with Crippen molar-refractivity contribution in [3.05, 3.63) is 45.5 Å². The number of nitrogen functional groups attached to an aromatic ring is 1. The molecule has 0 unspecified atom stereocenters. The largest absolute Gasteiger partial charge is 0.397 e. The van der Waals surface area contributed by atoms with Crippen LogP contribution in [0.25, 0.3) is 11.3 Å². The van der Waals surface area contributed by atoms with Crippen molar-refractivity contribution in [2.75, 3.05) is 5.73 Å². The molecule has 1 aromatic heterocycles. The van der Waals surface area contributed by atoms with Crippen molar-refractivity contribution in [3.63, 3.8) is 0 Å². The standard InChI is InChI=1S/C11H7Cl3N2/c12-6-4-7(13)10(8(14)5-6)11-9(15)2-1-3-16-11/h1-5H,15H2. The van der Waals surface area contributed by atoms with Gasteiger partial charge in [0.05, 0.1) is 21.4 Å². The van der Waals surface area contributed by atoms with Gasteiger partial charge in [-0.2, -0.15) is 0 Å². The molecule has 0 aliphatic carbocycles. The van der Waals surface area contributed by atoms with E-state index in [2.05, 4.69) is 4.98 Å². The van der Waals surface area contributed by atoms with Crippen molar-refractivity contribution >= 4 is 40.5 Å². The Morgan fingerprint density at radius 2 is 1.69 bits per heavy atom.